The van der Waals surface area contributed by atoms with Gasteiger partial charge in [0.15, 0.2) is 0 Å². The van der Waals surface area contributed by atoms with Crippen LogP contribution >= 0.6 is 11.3 Å². The second-order valence-corrected chi connectivity index (χ2v) is 8.11. The molecular weight excluding hydrogens is 410 g/mol. The Labute approximate surface area is 185 Å². The number of nitrogens with two attached hydrogens (primary N) is 1. The molecule has 4 aromatic rings. The Kier molecular flexibility index (Phi) is 6.20. The zero-order chi connectivity index (χ0) is 21.8. The van der Waals surface area contributed by atoms with Gasteiger partial charge in [-0.1, -0.05) is 24.3 Å². The molecule has 4 rings (SSSR count). The van der Waals surface area contributed by atoms with Gasteiger partial charge in [0, 0.05) is 43.0 Å². The summed E-state index contributed by atoms with van der Waals surface area (Å²) in [6.45, 7) is 2.05. The van der Waals surface area contributed by atoms with Crippen molar-refractivity contribution in [3.8, 4) is 27.3 Å². The van der Waals surface area contributed by atoms with Crippen molar-refractivity contribution < 1.29 is 9.47 Å². The van der Waals surface area contributed by atoms with E-state index in [-0.39, 0.29) is 18.0 Å². The van der Waals surface area contributed by atoms with Crippen molar-refractivity contribution >= 4 is 17.3 Å². The summed E-state index contributed by atoms with van der Waals surface area (Å²) < 4.78 is 11.0. The predicted octanol–water partition coefficient (Wildman–Crippen LogP) is 4.42. The van der Waals surface area contributed by atoms with Crippen molar-refractivity contribution in [2.75, 3.05) is 20.0 Å². The number of thiazole rings is 1. The summed E-state index contributed by atoms with van der Waals surface area (Å²) in [6, 6.07) is 10.4. The highest BCUT2D eigenvalue weighted by Crippen LogP contribution is 2.36. The first-order chi connectivity index (χ1) is 15.1. The second-order valence-electron chi connectivity index (χ2n) is 7.05. The van der Waals surface area contributed by atoms with Gasteiger partial charge in [0.2, 0.25) is 5.95 Å². The molecule has 2 N–H and O–H groups in total. The van der Waals surface area contributed by atoms with Crippen LogP contribution in [0.4, 0.5) is 5.95 Å². The van der Waals surface area contributed by atoms with E-state index in [4.69, 9.17) is 15.2 Å². The third-order valence-corrected chi connectivity index (χ3v) is 6.27. The summed E-state index contributed by atoms with van der Waals surface area (Å²) in [7, 11) is 3.36. The van der Waals surface area contributed by atoms with E-state index in [1.807, 2.05) is 18.5 Å². The van der Waals surface area contributed by atoms with Gasteiger partial charge in [0.1, 0.15) is 10.8 Å². The lowest BCUT2D eigenvalue weighted by Crippen LogP contribution is -2.18. The van der Waals surface area contributed by atoms with Gasteiger partial charge >= 0.3 is 0 Å². The van der Waals surface area contributed by atoms with Crippen molar-refractivity contribution in [3.05, 3.63) is 71.9 Å². The molecule has 0 aliphatic rings. The highest BCUT2D eigenvalue weighted by atomic mass is 32.1. The van der Waals surface area contributed by atoms with Crippen molar-refractivity contribution in [2.24, 2.45) is 0 Å². The van der Waals surface area contributed by atoms with Crippen LogP contribution in [0.3, 0.4) is 0 Å². The van der Waals surface area contributed by atoms with Gasteiger partial charge in [0.05, 0.1) is 30.2 Å². The maximum absolute atomic E-state index is 5.70. The van der Waals surface area contributed by atoms with Gasteiger partial charge in [-0.3, -0.25) is 4.98 Å². The molecule has 3 aromatic heterocycles. The molecule has 158 valence electrons. The molecular formula is C23H23N5O2S. The summed E-state index contributed by atoms with van der Waals surface area (Å²) in [6.07, 6.45) is 8.75. The maximum atomic E-state index is 5.70. The molecule has 0 radical (unpaired) electrons. The molecule has 0 saturated heterocycles. The smallest absolute Gasteiger partial charge is 0.219 e. The van der Waals surface area contributed by atoms with E-state index < -0.39 is 0 Å². The minimum absolute atomic E-state index is 0.00376. The number of hydrogen-bond donors (Lipinski definition) is 1. The van der Waals surface area contributed by atoms with Crippen LogP contribution < -0.4 is 10.5 Å². The number of nitrogens with zero attached hydrogens (tertiary/aromatic N) is 4. The average molecular weight is 434 g/mol. The van der Waals surface area contributed by atoms with Crippen molar-refractivity contribution in [1.82, 2.24) is 19.9 Å². The van der Waals surface area contributed by atoms with Gasteiger partial charge in [0.25, 0.3) is 0 Å². The SMILES string of the molecule is COc1cncc(-c2ccc(C(c3ncc(-c4cnc(N)nc4)s3)C(C)OC)cc2)c1. The number of methoxy groups -OCH3 is 2. The fourth-order valence-electron chi connectivity index (χ4n) is 3.35. The molecule has 0 aliphatic carbocycles. The molecule has 7 nitrogen and oxygen atoms in total. The molecule has 0 amide bonds. The summed E-state index contributed by atoms with van der Waals surface area (Å²) in [4.78, 5) is 18.1. The molecule has 0 saturated carbocycles. The third-order valence-electron chi connectivity index (χ3n) is 5.14. The normalized spacial score (nSPS) is 13.0. The fraction of sp³-hybridized carbons (Fsp3) is 0.217. The zero-order valence-electron chi connectivity index (χ0n) is 17.5. The summed E-state index contributed by atoms with van der Waals surface area (Å²) in [5.41, 5.74) is 9.69. The Bertz CT molecular complexity index is 1150. The predicted molar refractivity (Wildman–Crippen MR) is 122 cm³/mol. The molecule has 8 heteroatoms. The van der Waals surface area contributed by atoms with Crippen molar-refractivity contribution in [3.63, 3.8) is 0 Å². The molecule has 0 bridgehead atoms. The second kappa shape index (κ2) is 9.20. The quantitative estimate of drug-likeness (QED) is 0.461. The van der Waals surface area contributed by atoms with Crippen LogP contribution in [-0.2, 0) is 4.74 Å². The van der Waals surface area contributed by atoms with Crippen LogP contribution in [0.15, 0.2) is 61.3 Å². The van der Waals surface area contributed by atoms with Gasteiger partial charge in [-0.05, 0) is 24.1 Å². The van der Waals surface area contributed by atoms with Gasteiger partial charge < -0.3 is 15.2 Å². The number of pyridine rings is 1. The number of aromatic nitrogens is 4. The molecule has 3 heterocycles. The number of anilines is 1. The van der Waals surface area contributed by atoms with Gasteiger partial charge in [-0.2, -0.15) is 0 Å². The monoisotopic (exact) mass is 433 g/mol. The van der Waals surface area contributed by atoms with Crippen LogP contribution in [0.1, 0.15) is 23.4 Å². The first kappa shape index (κ1) is 20.9. The molecule has 1 aromatic carbocycles. The third kappa shape index (κ3) is 4.55. The van der Waals surface area contributed by atoms with Crippen LogP contribution in [0.25, 0.3) is 21.6 Å². The van der Waals surface area contributed by atoms with E-state index in [1.165, 1.54) is 0 Å². The van der Waals surface area contributed by atoms with Crippen LogP contribution in [-0.4, -0.2) is 40.3 Å². The number of benzene rings is 1. The highest BCUT2D eigenvalue weighted by Gasteiger charge is 2.25. The first-order valence-corrected chi connectivity index (χ1v) is 10.6. The van der Waals surface area contributed by atoms with Gasteiger partial charge in [-0.25, -0.2) is 15.0 Å². The standard InChI is InChI=1S/C23H23N5O2S/c1-14(29-2)21(22-26-13-20(31-22)18-10-27-23(24)28-11-18)16-6-4-15(5-7-16)17-8-19(30-3)12-25-9-17/h4-14,21H,1-3H3,(H2,24,27,28). The number of hydrogen-bond acceptors (Lipinski definition) is 8. The lowest BCUT2D eigenvalue weighted by molar-refractivity contribution is 0.104. The lowest BCUT2D eigenvalue weighted by atomic mass is 9.93. The van der Waals surface area contributed by atoms with E-state index in [0.717, 1.165) is 37.9 Å². The highest BCUT2D eigenvalue weighted by molar-refractivity contribution is 7.15. The van der Waals surface area contributed by atoms with Crippen LogP contribution in [0, 0.1) is 0 Å². The Morgan fingerprint density at radius 2 is 1.61 bits per heavy atom. The Hall–Kier alpha value is -3.36. The molecule has 31 heavy (non-hydrogen) atoms. The summed E-state index contributed by atoms with van der Waals surface area (Å²) >= 11 is 1.61. The van der Waals surface area contributed by atoms with E-state index in [2.05, 4.69) is 51.1 Å². The molecule has 0 fully saturated rings. The van der Waals surface area contributed by atoms with Crippen LogP contribution in [0.5, 0.6) is 5.75 Å². The largest absolute Gasteiger partial charge is 0.495 e. The number of ether oxygens (including phenoxy) is 2. The lowest BCUT2D eigenvalue weighted by Gasteiger charge is -2.21. The van der Waals surface area contributed by atoms with E-state index in [0.29, 0.717) is 0 Å². The van der Waals surface area contributed by atoms with E-state index in [1.54, 1.807) is 44.1 Å². The first-order valence-electron chi connectivity index (χ1n) is 9.75. The topological polar surface area (TPSA) is 96.0 Å². The fourth-order valence-corrected chi connectivity index (χ4v) is 4.47. The van der Waals surface area contributed by atoms with Crippen LogP contribution in [0.2, 0.25) is 0 Å². The molecule has 2 atom stereocenters. The average Bonchev–Trinajstić information content (AvgIpc) is 3.29. The Morgan fingerprint density at radius 3 is 2.29 bits per heavy atom. The zero-order valence-corrected chi connectivity index (χ0v) is 18.3. The van der Waals surface area contributed by atoms with Crippen molar-refractivity contribution in [1.29, 1.82) is 0 Å². The number of rotatable bonds is 7. The minimum Gasteiger partial charge on any atom is -0.495 e. The number of nitrogen functional groups attached to an aromatic ring is 1. The van der Waals surface area contributed by atoms with Crippen molar-refractivity contribution in [2.45, 2.75) is 18.9 Å². The Morgan fingerprint density at radius 1 is 0.871 bits per heavy atom. The van der Waals surface area contributed by atoms with Gasteiger partial charge in [-0.15, -0.1) is 11.3 Å². The molecule has 0 aliphatic heterocycles. The maximum Gasteiger partial charge on any atom is 0.219 e. The molecule has 0 spiro atoms. The molecule has 2 unspecified atom stereocenters. The summed E-state index contributed by atoms with van der Waals surface area (Å²) in [5.74, 6) is 0.982. The van der Waals surface area contributed by atoms with E-state index in [9.17, 15) is 0 Å². The van der Waals surface area contributed by atoms with E-state index >= 15 is 0 Å². The Balaban J connectivity index is 1.65. The minimum atomic E-state index is -0.0500. The summed E-state index contributed by atoms with van der Waals surface area (Å²) in [5, 5.41) is 0.969.